The molecule has 1 aromatic rings. The third-order valence-corrected chi connectivity index (χ3v) is 2.09. The number of aliphatic carboxylic acids is 1. The number of benzene rings is 1. The van der Waals surface area contributed by atoms with E-state index >= 15 is 0 Å². The molecule has 0 fully saturated rings. The highest BCUT2D eigenvalue weighted by Crippen LogP contribution is 2.18. The van der Waals surface area contributed by atoms with Crippen molar-refractivity contribution >= 4 is 11.9 Å². The van der Waals surface area contributed by atoms with Crippen LogP contribution in [0.15, 0.2) is 6.07 Å². The Hall–Kier alpha value is -2.16. The minimum absolute atomic E-state index is 0.121. The first-order valence-corrected chi connectivity index (χ1v) is 4.77. The Balaban J connectivity index is 2.92. The van der Waals surface area contributed by atoms with E-state index in [0.717, 1.165) is 0 Å². The van der Waals surface area contributed by atoms with Gasteiger partial charge >= 0.3 is 5.97 Å². The number of amides is 1. The van der Waals surface area contributed by atoms with Crippen LogP contribution in [0.4, 0.5) is 17.6 Å². The van der Waals surface area contributed by atoms with Gasteiger partial charge in [0.05, 0.1) is 12.1 Å². The van der Waals surface area contributed by atoms with Crippen LogP contribution in [-0.4, -0.2) is 34.7 Å². The van der Waals surface area contributed by atoms with Gasteiger partial charge < -0.3 is 15.5 Å². The molecule has 0 spiro atoms. The first kappa shape index (κ1) is 14.9. The van der Waals surface area contributed by atoms with E-state index < -0.39 is 53.4 Å². The fraction of sp³-hybridized carbons (Fsp3) is 0.200. The average molecular weight is 281 g/mol. The lowest BCUT2D eigenvalue weighted by molar-refractivity contribution is -0.146. The summed E-state index contributed by atoms with van der Waals surface area (Å²) in [4.78, 5) is 21.5. The molecule has 0 heterocycles. The van der Waals surface area contributed by atoms with Crippen LogP contribution in [0.2, 0.25) is 0 Å². The maximum Gasteiger partial charge on any atom is 0.334 e. The summed E-state index contributed by atoms with van der Waals surface area (Å²) in [5.74, 6) is -11.0. The minimum atomic E-state index is -2.16. The summed E-state index contributed by atoms with van der Waals surface area (Å²) in [6.07, 6.45) is -1.97. The highest BCUT2D eigenvalue weighted by atomic mass is 19.2. The van der Waals surface area contributed by atoms with Gasteiger partial charge in [0.25, 0.3) is 5.91 Å². The van der Waals surface area contributed by atoms with Crippen LogP contribution in [0.5, 0.6) is 0 Å². The first-order valence-electron chi connectivity index (χ1n) is 4.77. The molecule has 3 N–H and O–H groups in total. The van der Waals surface area contributed by atoms with Gasteiger partial charge in [-0.05, 0) is 6.07 Å². The van der Waals surface area contributed by atoms with E-state index in [1.807, 2.05) is 0 Å². The number of carbonyl (C=O) groups is 2. The summed E-state index contributed by atoms with van der Waals surface area (Å²) < 4.78 is 51.4. The van der Waals surface area contributed by atoms with Crippen LogP contribution in [-0.2, 0) is 4.79 Å². The molecule has 1 aromatic carbocycles. The van der Waals surface area contributed by atoms with Crippen molar-refractivity contribution in [2.24, 2.45) is 0 Å². The largest absolute Gasteiger partial charge is 0.479 e. The second kappa shape index (κ2) is 5.65. The van der Waals surface area contributed by atoms with Gasteiger partial charge in [0.1, 0.15) is 0 Å². The summed E-state index contributed by atoms with van der Waals surface area (Å²) in [6.45, 7) is -0.811. The Morgan fingerprint density at radius 2 is 1.74 bits per heavy atom. The smallest absolute Gasteiger partial charge is 0.334 e. The minimum Gasteiger partial charge on any atom is -0.479 e. The zero-order valence-corrected chi connectivity index (χ0v) is 9.08. The van der Waals surface area contributed by atoms with E-state index in [9.17, 15) is 27.2 Å². The van der Waals surface area contributed by atoms with E-state index in [0.29, 0.717) is 0 Å². The molecule has 1 atom stereocenters. The van der Waals surface area contributed by atoms with Crippen LogP contribution < -0.4 is 5.32 Å². The third-order valence-electron chi connectivity index (χ3n) is 2.09. The average Bonchev–Trinajstić information content (AvgIpc) is 2.37. The molecule has 1 amide bonds. The van der Waals surface area contributed by atoms with E-state index in [4.69, 9.17) is 10.2 Å². The molecule has 0 saturated heterocycles. The molecule has 0 aromatic heterocycles. The van der Waals surface area contributed by atoms with Crippen LogP contribution in [0, 0.1) is 23.3 Å². The normalized spacial score (nSPS) is 12.1. The number of halogens is 4. The molecule has 1 rings (SSSR count). The number of rotatable bonds is 4. The number of aliphatic hydroxyl groups is 1. The molecular formula is C10H7F4NO4. The van der Waals surface area contributed by atoms with E-state index in [-0.39, 0.29) is 6.07 Å². The first-order chi connectivity index (χ1) is 8.75. The zero-order valence-electron chi connectivity index (χ0n) is 9.08. The monoisotopic (exact) mass is 281 g/mol. The van der Waals surface area contributed by atoms with E-state index in [2.05, 4.69) is 0 Å². The Kier molecular flexibility index (Phi) is 4.43. The lowest BCUT2D eigenvalue weighted by Gasteiger charge is -2.09. The van der Waals surface area contributed by atoms with Gasteiger partial charge in [-0.3, -0.25) is 4.79 Å². The van der Waals surface area contributed by atoms with Crippen molar-refractivity contribution in [2.75, 3.05) is 6.54 Å². The van der Waals surface area contributed by atoms with Crippen molar-refractivity contribution in [3.63, 3.8) is 0 Å². The highest BCUT2D eigenvalue weighted by Gasteiger charge is 2.23. The number of carboxylic acids is 1. The van der Waals surface area contributed by atoms with Crippen molar-refractivity contribution in [1.29, 1.82) is 0 Å². The third kappa shape index (κ3) is 3.19. The predicted molar refractivity (Wildman–Crippen MR) is 52.2 cm³/mol. The Morgan fingerprint density at radius 1 is 1.16 bits per heavy atom. The van der Waals surface area contributed by atoms with Crippen molar-refractivity contribution in [2.45, 2.75) is 6.10 Å². The lowest BCUT2D eigenvalue weighted by Crippen LogP contribution is -2.37. The molecular weight excluding hydrogens is 274 g/mol. The van der Waals surface area contributed by atoms with Gasteiger partial charge in [-0.2, -0.15) is 0 Å². The molecule has 0 bridgehead atoms. The standard InChI is InChI=1S/C10H7F4NO4/c11-4-1-3(6(12)8(14)7(4)13)9(17)15-2-5(16)10(18)19/h1,5,16H,2H2,(H,15,17)(H,18,19)/t5-/m0/s1. The molecule has 0 unspecified atom stereocenters. The van der Waals surface area contributed by atoms with Crippen LogP contribution in [0.25, 0.3) is 0 Å². The van der Waals surface area contributed by atoms with Crippen molar-refractivity contribution < 1.29 is 37.4 Å². The molecule has 5 nitrogen and oxygen atoms in total. The quantitative estimate of drug-likeness (QED) is 0.424. The second-order valence-electron chi connectivity index (χ2n) is 3.41. The summed E-state index contributed by atoms with van der Waals surface area (Å²) >= 11 is 0. The summed E-state index contributed by atoms with van der Waals surface area (Å²) in [7, 11) is 0. The summed E-state index contributed by atoms with van der Waals surface area (Å²) in [5.41, 5.74) is -1.14. The number of carbonyl (C=O) groups excluding carboxylic acids is 1. The molecule has 104 valence electrons. The summed E-state index contributed by atoms with van der Waals surface area (Å²) in [6, 6.07) is 0.121. The van der Waals surface area contributed by atoms with Crippen molar-refractivity contribution in [3.8, 4) is 0 Å². The Labute approximate surface area is 103 Å². The molecule has 0 radical (unpaired) electrons. The number of aliphatic hydroxyl groups excluding tert-OH is 1. The maximum atomic E-state index is 13.2. The van der Waals surface area contributed by atoms with Gasteiger partial charge in [-0.15, -0.1) is 0 Å². The molecule has 0 aliphatic heterocycles. The summed E-state index contributed by atoms with van der Waals surface area (Å²) in [5, 5.41) is 18.9. The fourth-order valence-corrected chi connectivity index (χ4v) is 1.11. The molecule has 9 heteroatoms. The van der Waals surface area contributed by atoms with Crippen molar-refractivity contribution in [1.82, 2.24) is 5.32 Å². The van der Waals surface area contributed by atoms with Gasteiger partial charge in [-0.25, -0.2) is 22.4 Å². The highest BCUT2D eigenvalue weighted by molar-refractivity contribution is 5.94. The molecule has 0 aliphatic carbocycles. The number of nitrogens with one attached hydrogen (secondary N) is 1. The zero-order chi connectivity index (χ0) is 14.7. The fourth-order valence-electron chi connectivity index (χ4n) is 1.11. The van der Waals surface area contributed by atoms with Gasteiger partial charge in [0.15, 0.2) is 29.4 Å². The van der Waals surface area contributed by atoms with Crippen LogP contribution >= 0.6 is 0 Å². The van der Waals surface area contributed by atoms with Crippen molar-refractivity contribution in [3.05, 3.63) is 34.9 Å². The van der Waals surface area contributed by atoms with Gasteiger partial charge in [0, 0.05) is 0 Å². The Morgan fingerprint density at radius 3 is 2.26 bits per heavy atom. The van der Waals surface area contributed by atoms with Gasteiger partial charge in [0.2, 0.25) is 0 Å². The number of hydrogen-bond acceptors (Lipinski definition) is 3. The van der Waals surface area contributed by atoms with E-state index in [1.165, 1.54) is 0 Å². The Bertz CT molecular complexity index is 535. The molecule has 0 aliphatic rings. The number of hydrogen-bond donors (Lipinski definition) is 3. The number of carboxylic acid groups (broad SMARTS) is 1. The second-order valence-corrected chi connectivity index (χ2v) is 3.41. The van der Waals surface area contributed by atoms with Crippen LogP contribution in [0.3, 0.4) is 0 Å². The topological polar surface area (TPSA) is 86.6 Å². The van der Waals surface area contributed by atoms with E-state index in [1.54, 1.807) is 5.32 Å². The SMILES string of the molecule is O=C(NC[C@H](O)C(=O)O)c1cc(F)c(F)c(F)c1F. The molecule has 0 saturated carbocycles. The lowest BCUT2D eigenvalue weighted by atomic mass is 10.1. The van der Waals surface area contributed by atoms with Crippen LogP contribution in [0.1, 0.15) is 10.4 Å². The maximum absolute atomic E-state index is 13.2. The predicted octanol–water partition coefficient (Wildman–Crippen LogP) is 0.418. The van der Waals surface area contributed by atoms with Gasteiger partial charge in [-0.1, -0.05) is 0 Å². The molecule has 19 heavy (non-hydrogen) atoms.